The Kier molecular flexibility index (Phi) is 7.55. The van der Waals surface area contributed by atoms with Crippen LogP contribution in [0.2, 0.25) is 0 Å². The van der Waals surface area contributed by atoms with Gasteiger partial charge in [-0.3, -0.25) is 0 Å². The van der Waals surface area contributed by atoms with Gasteiger partial charge in [0, 0.05) is 21.6 Å². The zero-order valence-corrected chi connectivity index (χ0v) is 13.9. The number of halogens is 2. The molecule has 3 nitrogen and oxygen atoms in total. The molecule has 0 aliphatic carbocycles. The molecule has 0 saturated carbocycles. The lowest BCUT2D eigenvalue weighted by atomic mass is 10.1. The first kappa shape index (κ1) is 17.5. The first-order chi connectivity index (χ1) is 9.19. The quantitative estimate of drug-likeness (QED) is 0.842. The SMILES string of the molecule is Cl.NC(CO)Cc1cccnc1Sc1ccc(Br)cc1. The molecule has 6 heteroatoms. The van der Waals surface area contributed by atoms with Crippen molar-refractivity contribution in [1.29, 1.82) is 0 Å². The lowest BCUT2D eigenvalue weighted by Crippen LogP contribution is -2.27. The number of rotatable bonds is 5. The lowest BCUT2D eigenvalue weighted by molar-refractivity contribution is 0.265. The molecule has 0 fully saturated rings. The van der Waals surface area contributed by atoms with Crippen LogP contribution in [-0.4, -0.2) is 22.7 Å². The predicted molar refractivity (Wildman–Crippen MR) is 88.5 cm³/mol. The molecule has 20 heavy (non-hydrogen) atoms. The van der Waals surface area contributed by atoms with E-state index >= 15 is 0 Å². The van der Waals surface area contributed by atoms with Crippen LogP contribution in [0.25, 0.3) is 0 Å². The van der Waals surface area contributed by atoms with Gasteiger partial charge in [-0.05, 0) is 42.3 Å². The van der Waals surface area contributed by atoms with Crippen molar-refractivity contribution in [3.8, 4) is 0 Å². The molecule has 1 aromatic carbocycles. The van der Waals surface area contributed by atoms with Gasteiger partial charge in [-0.25, -0.2) is 4.98 Å². The number of aliphatic hydroxyl groups excluding tert-OH is 1. The van der Waals surface area contributed by atoms with Gasteiger partial charge >= 0.3 is 0 Å². The summed E-state index contributed by atoms with van der Waals surface area (Å²) in [6, 6.07) is 11.7. The van der Waals surface area contributed by atoms with Crippen LogP contribution < -0.4 is 5.73 Å². The zero-order chi connectivity index (χ0) is 13.7. The van der Waals surface area contributed by atoms with Gasteiger partial charge in [-0.1, -0.05) is 33.8 Å². The summed E-state index contributed by atoms with van der Waals surface area (Å²) in [5.74, 6) is 0. The van der Waals surface area contributed by atoms with Gasteiger partial charge in [-0.15, -0.1) is 12.4 Å². The maximum atomic E-state index is 9.05. The molecule has 0 bridgehead atoms. The molecular weight excluding hydrogens is 360 g/mol. The molecule has 2 aromatic rings. The number of pyridine rings is 1. The summed E-state index contributed by atoms with van der Waals surface area (Å²) >= 11 is 5.02. The summed E-state index contributed by atoms with van der Waals surface area (Å²) in [5, 5.41) is 9.99. The monoisotopic (exact) mass is 374 g/mol. The fraction of sp³-hybridized carbons (Fsp3) is 0.214. The van der Waals surface area contributed by atoms with Crippen molar-refractivity contribution in [3.05, 3.63) is 52.6 Å². The predicted octanol–water partition coefficient (Wildman–Crippen LogP) is 3.28. The molecule has 0 saturated heterocycles. The third kappa shape index (κ3) is 5.07. The van der Waals surface area contributed by atoms with E-state index in [1.165, 1.54) is 0 Å². The van der Waals surface area contributed by atoms with E-state index in [2.05, 4.69) is 20.9 Å². The molecule has 1 aromatic heterocycles. The van der Waals surface area contributed by atoms with Crippen LogP contribution in [-0.2, 0) is 6.42 Å². The maximum absolute atomic E-state index is 9.05. The molecule has 3 N–H and O–H groups in total. The second-order valence-corrected chi connectivity index (χ2v) is 6.15. The van der Waals surface area contributed by atoms with Gasteiger partial charge in [0.15, 0.2) is 0 Å². The summed E-state index contributed by atoms with van der Waals surface area (Å²) in [6.45, 7) is -0.0166. The normalized spacial score (nSPS) is 11.8. The van der Waals surface area contributed by atoms with Crippen LogP contribution in [0.15, 0.2) is 57.0 Å². The number of hydrogen-bond acceptors (Lipinski definition) is 4. The van der Waals surface area contributed by atoms with E-state index in [4.69, 9.17) is 10.8 Å². The van der Waals surface area contributed by atoms with E-state index in [-0.39, 0.29) is 25.1 Å². The molecule has 2 rings (SSSR count). The summed E-state index contributed by atoms with van der Waals surface area (Å²) in [7, 11) is 0. The Morgan fingerprint density at radius 3 is 2.60 bits per heavy atom. The van der Waals surface area contributed by atoms with Crippen molar-refractivity contribution in [2.75, 3.05) is 6.61 Å². The van der Waals surface area contributed by atoms with Gasteiger partial charge in [-0.2, -0.15) is 0 Å². The van der Waals surface area contributed by atoms with E-state index in [0.29, 0.717) is 6.42 Å². The highest BCUT2D eigenvalue weighted by Gasteiger charge is 2.09. The summed E-state index contributed by atoms with van der Waals surface area (Å²) in [6.07, 6.45) is 2.40. The number of hydrogen-bond donors (Lipinski definition) is 2. The minimum atomic E-state index is -0.242. The Labute approximate surface area is 137 Å². The Morgan fingerprint density at radius 1 is 1.25 bits per heavy atom. The highest BCUT2D eigenvalue weighted by atomic mass is 79.9. The smallest absolute Gasteiger partial charge is 0.104 e. The molecule has 0 aliphatic rings. The van der Waals surface area contributed by atoms with E-state index < -0.39 is 0 Å². The van der Waals surface area contributed by atoms with Gasteiger partial charge in [0.05, 0.1) is 6.61 Å². The van der Waals surface area contributed by atoms with Gasteiger partial charge in [0.25, 0.3) is 0 Å². The van der Waals surface area contributed by atoms with Crippen LogP contribution in [0.1, 0.15) is 5.56 Å². The second kappa shape index (κ2) is 8.64. The minimum Gasteiger partial charge on any atom is -0.395 e. The van der Waals surface area contributed by atoms with Gasteiger partial charge in [0.2, 0.25) is 0 Å². The van der Waals surface area contributed by atoms with E-state index in [0.717, 1.165) is 20.0 Å². The molecule has 0 aliphatic heterocycles. The summed E-state index contributed by atoms with van der Waals surface area (Å²) < 4.78 is 1.06. The maximum Gasteiger partial charge on any atom is 0.104 e. The van der Waals surface area contributed by atoms with Gasteiger partial charge < -0.3 is 10.8 Å². The average Bonchev–Trinajstić information content (AvgIpc) is 2.43. The van der Waals surface area contributed by atoms with Crippen molar-refractivity contribution in [3.63, 3.8) is 0 Å². The second-order valence-electron chi connectivity index (χ2n) is 4.17. The summed E-state index contributed by atoms with van der Waals surface area (Å²) in [4.78, 5) is 5.52. The van der Waals surface area contributed by atoms with Crippen molar-refractivity contribution >= 4 is 40.1 Å². The fourth-order valence-electron chi connectivity index (χ4n) is 1.63. The first-order valence-corrected chi connectivity index (χ1v) is 7.53. The first-order valence-electron chi connectivity index (χ1n) is 5.93. The van der Waals surface area contributed by atoms with E-state index in [1.54, 1.807) is 18.0 Å². The van der Waals surface area contributed by atoms with Gasteiger partial charge in [0.1, 0.15) is 5.03 Å². The summed E-state index contributed by atoms with van der Waals surface area (Å²) in [5.41, 5.74) is 6.86. The Hall–Kier alpha value is -0.590. The Balaban J connectivity index is 0.00000200. The molecule has 0 radical (unpaired) electrons. The fourth-order valence-corrected chi connectivity index (χ4v) is 2.79. The molecule has 108 valence electrons. The Morgan fingerprint density at radius 2 is 1.95 bits per heavy atom. The van der Waals surface area contributed by atoms with Crippen molar-refractivity contribution in [2.24, 2.45) is 5.73 Å². The van der Waals surface area contributed by atoms with Crippen molar-refractivity contribution in [1.82, 2.24) is 4.98 Å². The molecule has 1 unspecified atom stereocenters. The average molecular weight is 376 g/mol. The molecule has 0 amide bonds. The molecule has 0 spiro atoms. The Bertz CT molecular complexity index is 539. The molecule has 1 atom stereocenters. The number of nitrogens with zero attached hydrogens (tertiary/aromatic N) is 1. The van der Waals surface area contributed by atoms with E-state index in [1.807, 2.05) is 36.4 Å². The topological polar surface area (TPSA) is 59.1 Å². The largest absolute Gasteiger partial charge is 0.395 e. The van der Waals surface area contributed by atoms with Crippen LogP contribution >= 0.6 is 40.1 Å². The van der Waals surface area contributed by atoms with Crippen LogP contribution in [0.3, 0.4) is 0 Å². The lowest BCUT2D eigenvalue weighted by Gasteiger charge is -2.11. The highest BCUT2D eigenvalue weighted by molar-refractivity contribution is 9.10. The molecular formula is C14H16BrClN2OS. The zero-order valence-electron chi connectivity index (χ0n) is 10.7. The van der Waals surface area contributed by atoms with Crippen LogP contribution in [0.4, 0.5) is 0 Å². The molecule has 1 heterocycles. The van der Waals surface area contributed by atoms with E-state index in [9.17, 15) is 0 Å². The number of aliphatic hydroxyl groups is 1. The van der Waals surface area contributed by atoms with Crippen molar-refractivity contribution < 1.29 is 5.11 Å². The third-order valence-corrected chi connectivity index (χ3v) is 4.19. The highest BCUT2D eigenvalue weighted by Crippen LogP contribution is 2.29. The number of nitrogens with two attached hydrogens (primary N) is 1. The number of benzene rings is 1. The van der Waals surface area contributed by atoms with Crippen molar-refractivity contribution in [2.45, 2.75) is 22.4 Å². The van der Waals surface area contributed by atoms with Crippen LogP contribution in [0.5, 0.6) is 0 Å². The number of aromatic nitrogens is 1. The van der Waals surface area contributed by atoms with Crippen LogP contribution in [0, 0.1) is 0 Å². The minimum absolute atomic E-state index is 0. The third-order valence-electron chi connectivity index (χ3n) is 2.59. The standard InChI is InChI=1S/C14H15BrN2OS.ClH/c15-11-3-5-13(6-4-11)19-14-10(2-1-7-17-14)8-12(16)9-18;/h1-7,12,18H,8-9,16H2;1H.